The van der Waals surface area contributed by atoms with E-state index >= 15 is 0 Å². The van der Waals surface area contributed by atoms with Crippen molar-refractivity contribution in [2.24, 2.45) is 0 Å². The van der Waals surface area contributed by atoms with Crippen LogP contribution in [-0.4, -0.2) is 19.6 Å². The number of rotatable bonds is 5. The summed E-state index contributed by atoms with van der Waals surface area (Å²) in [5, 5.41) is 2.87. The van der Waals surface area contributed by atoms with E-state index < -0.39 is 0 Å². The van der Waals surface area contributed by atoms with Crippen LogP contribution in [0, 0.1) is 6.92 Å². The summed E-state index contributed by atoms with van der Waals surface area (Å²) in [5.41, 5.74) is 1.93. The van der Waals surface area contributed by atoms with E-state index in [-0.39, 0.29) is 5.91 Å². The third-order valence-electron chi connectivity index (χ3n) is 2.22. The number of aryl methyl sites for hydroxylation is 1. The molecule has 1 aromatic carbocycles. The van der Waals surface area contributed by atoms with Gasteiger partial charge < -0.3 is 10.1 Å². The molecule has 1 rings (SSSR count). The Labute approximate surface area is 104 Å². The molecule has 1 N–H and O–H groups in total. The van der Waals surface area contributed by atoms with Gasteiger partial charge in [-0.1, -0.05) is 12.1 Å². The highest BCUT2D eigenvalue weighted by molar-refractivity contribution is 9.10. The summed E-state index contributed by atoms with van der Waals surface area (Å²) in [4.78, 5) is 11.6. The summed E-state index contributed by atoms with van der Waals surface area (Å²) in [6.07, 6.45) is 1.22. The van der Waals surface area contributed by atoms with Gasteiger partial charge in [-0.3, -0.25) is 4.79 Å². The fraction of sp³-hybridized carbons (Fsp3) is 0.417. The molecular weight excluding hydrogens is 270 g/mol. The number of carbonyl (C=O) groups is 1. The summed E-state index contributed by atoms with van der Waals surface area (Å²) in [6, 6.07) is 5.79. The number of anilines is 1. The normalized spacial score (nSPS) is 10.2. The van der Waals surface area contributed by atoms with E-state index in [4.69, 9.17) is 4.74 Å². The maximum atomic E-state index is 11.6. The van der Waals surface area contributed by atoms with Gasteiger partial charge in [0.05, 0.1) is 5.69 Å². The number of ether oxygens (including phenoxy) is 1. The van der Waals surface area contributed by atoms with Gasteiger partial charge in [0.25, 0.3) is 0 Å². The molecule has 0 aromatic heterocycles. The largest absolute Gasteiger partial charge is 0.385 e. The standard InChI is InChI=1S/C12H16BrNO2/c1-9-5-3-6-10(12(9)13)14-11(15)7-4-8-16-2/h3,5-6H,4,7-8H2,1-2H3,(H,14,15). The molecule has 0 aliphatic carbocycles. The molecule has 0 saturated heterocycles. The van der Waals surface area contributed by atoms with E-state index in [1.165, 1.54) is 0 Å². The van der Waals surface area contributed by atoms with E-state index in [1.807, 2.05) is 25.1 Å². The summed E-state index contributed by atoms with van der Waals surface area (Å²) >= 11 is 3.45. The third kappa shape index (κ3) is 3.94. The second-order valence-electron chi connectivity index (χ2n) is 3.58. The van der Waals surface area contributed by atoms with Crippen molar-refractivity contribution in [1.29, 1.82) is 0 Å². The first-order chi connectivity index (χ1) is 7.65. The number of nitrogens with one attached hydrogen (secondary N) is 1. The van der Waals surface area contributed by atoms with Crippen molar-refractivity contribution in [2.75, 3.05) is 19.0 Å². The number of methoxy groups -OCH3 is 1. The van der Waals surface area contributed by atoms with Crippen LogP contribution in [0.1, 0.15) is 18.4 Å². The van der Waals surface area contributed by atoms with Gasteiger partial charge in [-0.2, -0.15) is 0 Å². The molecule has 0 aliphatic rings. The first-order valence-electron chi connectivity index (χ1n) is 5.19. The second kappa shape index (κ2) is 6.66. The van der Waals surface area contributed by atoms with Crippen molar-refractivity contribution in [3.05, 3.63) is 28.2 Å². The minimum atomic E-state index is 0.0170. The predicted molar refractivity (Wildman–Crippen MR) is 68.6 cm³/mol. The number of halogens is 1. The van der Waals surface area contributed by atoms with Crippen molar-refractivity contribution >= 4 is 27.5 Å². The van der Waals surface area contributed by atoms with Gasteiger partial charge in [-0.25, -0.2) is 0 Å². The SMILES string of the molecule is COCCCC(=O)Nc1cccc(C)c1Br. The predicted octanol–water partition coefficient (Wildman–Crippen LogP) is 3.12. The zero-order chi connectivity index (χ0) is 12.0. The van der Waals surface area contributed by atoms with Gasteiger partial charge in [0.2, 0.25) is 5.91 Å². The van der Waals surface area contributed by atoms with Crippen LogP contribution in [0.15, 0.2) is 22.7 Å². The maximum absolute atomic E-state index is 11.6. The lowest BCUT2D eigenvalue weighted by Gasteiger charge is -2.08. The van der Waals surface area contributed by atoms with Crippen molar-refractivity contribution in [1.82, 2.24) is 0 Å². The summed E-state index contributed by atoms with van der Waals surface area (Å²) in [7, 11) is 1.63. The van der Waals surface area contributed by atoms with Crippen LogP contribution >= 0.6 is 15.9 Å². The van der Waals surface area contributed by atoms with Crippen molar-refractivity contribution in [2.45, 2.75) is 19.8 Å². The number of carbonyl (C=O) groups excluding carboxylic acids is 1. The molecule has 0 radical (unpaired) electrons. The zero-order valence-electron chi connectivity index (χ0n) is 9.55. The molecule has 0 atom stereocenters. The Balaban J connectivity index is 2.53. The lowest BCUT2D eigenvalue weighted by Crippen LogP contribution is -2.12. The number of amides is 1. The van der Waals surface area contributed by atoms with Crippen LogP contribution < -0.4 is 5.32 Å². The Morgan fingerprint density at radius 2 is 2.25 bits per heavy atom. The van der Waals surface area contributed by atoms with Gasteiger partial charge in [0.1, 0.15) is 0 Å². The number of hydrogen-bond donors (Lipinski definition) is 1. The monoisotopic (exact) mass is 285 g/mol. The van der Waals surface area contributed by atoms with Crippen molar-refractivity contribution < 1.29 is 9.53 Å². The quantitative estimate of drug-likeness (QED) is 0.844. The van der Waals surface area contributed by atoms with Crippen LogP contribution in [0.25, 0.3) is 0 Å². The van der Waals surface area contributed by atoms with Crippen LogP contribution in [0.3, 0.4) is 0 Å². The average molecular weight is 286 g/mol. The molecule has 0 bridgehead atoms. The smallest absolute Gasteiger partial charge is 0.224 e. The van der Waals surface area contributed by atoms with E-state index in [1.54, 1.807) is 7.11 Å². The van der Waals surface area contributed by atoms with Gasteiger partial charge in [0.15, 0.2) is 0 Å². The fourth-order valence-electron chi connectivity index (χ4n) is 1.33. The first kappa shape index (κ1) is 13.2. The molecule has 0 unspecified atom stereocenters. The molecule has 0 spiro atoms. The minimum absolute atomic E-state index is 0.0170. The molecular formula is C12H16BrNO2. The number of hydrogen-bond acceptors (Lipinski definition) is 2. The highest BCUT2D eigenvalue weighted by Gasteiger charge is 2.06. The Hall–Kier alpha value is -0.870. The molecule has 88 valence electrons. The summed E-state index contributed by atoms with van der Waals surface area (Å²) in [6.45, 7) is 2.60. The molecule has 0 saturated carbocycles. The highest BCUT2D eigenvalue weighted by Crippen LogP contribution is 2.25. The third-order valence-corrected chi connectivity index (χ3v) is 3.27. The van der Waals surface area contributed by atoms with Crippen LogP contribution in [0.5, 0.6) is 0 Å². The van der Waals surface area contributed by atoms with Crippen LogP contribution in [0.2, 0.25) is 0 Å². The topological polar surface area (TPSA) is 38.3 Å². The molecule has 0 heterocycles. The summed E-state index contributed by atoms with van der Waals surface area (Å²) < 4.78 is 5.84. The van der Waals surface area contributed by atoms with E-state index in [9.17, 15) is 4.79 Å². The van der Waals surface area contributed by atoms with Gasteiger partial charge in [0, 0.05) is 24.6 Å². The lowest BCUT2D eigenvalue weighted by atomic mass is 10.2. The minimum Gasteiger partial charge on any atom is -0.385 e. The molecule has 0 aliphatic heterocycles. The Morgan fingerprint density at radius 1 is 1.50 bits per heavy atom. The van der Waals surface area contributed by atoms with E-state index in [0.717, 1.165) is 22.1 Å². The Kier molecular flexibility index (Phi) is 5.49. The lowest BCUT2D eigenvalue weighted by molar-refractivity contribution is -0.116. The molecule has 1 aromatic rings. The zero-order valence-corrected chi connectivity index (χ0v) is 11.1. The van der Waals surface area contributed by atoms with Crippen molar-refractivity contribution in [3.63, 3.8) is 0 Å². The van der Waals surface area contributed by atoms with Gasteiger partial charge in [-0.05, 0) is 40.9 Å². The van der Waals surface area contributed by atoms with E-state index in [2.05, 4.69) is 21.2 Å². The molecule has 4 heteroatoms. The van der Waals surface area contributed by atoms with Crippen LogP contribution in [0.4, 0.5) is 5.69 Å². The molecule has 1 amide bonds. The molecule has 16 heavy (non-hydrogen) atoms. The van der Waals surface area contributed by atoms with Crippen LogP contribution in [-0.2, 0) is 9.53 Å². The Bertz CT molecular complexity index is 366. The maximum Gasteiger partial charge on any atom is 0.224 e. The highest BCUT2D eigenvalue weighted by atomic mass is 79.9. The van der Waals surface area contributed by atoms with Gasteiger partial charge in [-0.15, -0.1) is 0 Å². The first-order valence-corrected chi connectivity index (χ1v) is 5.98. The van der Waals surface area contributed by atoms with Gasteiger partial charge >= 0.3 is 0 Å². The molecule has 3 nitrogen and oxygen atoms in total. The molecule has 0 fully saturated rings. The summed E-state index contributed by atoms with van der Waals surface area (Å²) in [5.74, 6) is 0.0170. The average Bonchev–Trinajstić information content (AvgIpc) is 2.25. The second-order valence-corrected chi connectivity index (χ2v) is 4.37. The fourth-order valence-corrected chi connectivity index (χ4v) is 1.70. The van der Waals surface area contributed by atoms with E-state index in [0.29, 0.717) is 13.0 Å². The number of benzene rings is 1. The Morgan fingerprint density at radius 3 is 2.94 bits per heavy atom. The van der Waals surface area contributed by atoms with Crippen molar-refractivity contribution in [3.8, 4) is 0 Å².